The van der Waals surface area contributed by atoms with Gasteiger partial charge in [0.15, 0.2) is 0 Å². The fourth-order valence-electron chi connectivity index (χ4n) is 4.59. The second-order valence-corrected chi connectivity index (χ2v) is 7.44. The molecule has 0 aliphatic heterocycles. The molecule has 2 heteroatoms. The Kier molecular flexibility index (Phi) is 3.53. The van der Waals surface area contributed by atoms with E-state index in [1.54, 1.807) is 0 Å². The van der Waals surface area contributed by atoms with Gasteiger partial charge in [0.1, 0.15) is 5.82 Å². The molecular weight excluding hydrogens is 316 g/mol. The van der Waals surface area contributed by atoms with E-state index in [1.165, 1.54) is 33.4 Å². The summed E-state index contributed by atoms with van der Waals surface area (Å²) in [7, 11) is 0. The number of nitrogens with zero attached hydrogens (tertiary/aromatic N) is 2. The maximum absolute atomic E-state index is 4.74. The van der Waals surface area contributed by atoms with Crippen molar-refractivity contribution >= 4 is 0 Å². The topological polar surface area (TPSA) is 25.8 Å². The van der Waals surface area contributed by atoms with Crippen LogP contribution in [-0.2, 0) is 19.3 Å². The molecule has 0 radical (unpaired) electrons. The van der Waals surface area contributed by atoms with Crippen LogP contribution in [0.4, 0.5) is 0 Å². The van der Waals surface area contributed by atoms with Gasteiger partial charge < -0.3 is 0 Å². The van der Waals surface area contributed by atoms with Crippen molar-refractivity contribution in [1.82, 2.24) is 9.97 Å². The monoisotopic (exact) mass is 338 g/mol. The number of benzene rings is 2. The molecule has 0 amide bonds. The Bertz CT molecular complexity index is 1030. The first kappa shape index (κ1) is 15.5. The normalized spacial score (nSPS) is 17.4. The van der Waals surface area contributed by atoms with E-state index >= 15 is 0 Å². The first-order valence-corrected chi connectivity index (χ1v) is 9.42. The summed E-state index contributed by atoms with van der Waals surface area (Å²) in [4.78, 5) is 9.48. The Morgan fingerprint density at radius 1 is 0.846 bits per heavy atom. The summed E-state index contributed by atoms with van der Waals surface area (Å²) in [6, 6.07) is 15.5. The van der Waals surface area contributed by atoms with Gasteiger partial charge >= 0.3 is 0 Å². The third-order valence-corrected chi connectivity index (χ3v) is 5.68. The highest BCUT2D eigenvalue weighted by atomic mass is 14.9. The van der Waals surface area contributed by atoms with E-state index in [-0.39, 0.29) is 5.92 Å². The van der Waals surface area contributed by atoms with E-state index < -0.39 is 0 Å². The average molecular weight is 338 g/mol. The summed E-state index contributed by atoms with van der Waals surface area (Å²) in [6.07, 6.45) is 7.86. The summed E-state index contributed by atoms with van der Waals surface area (Å²) in [5, 5.41) is 0. The predicted molar refractivity (Wildman–Crippen MR) is 105 cm³/mol. The molecule has 128 valence electrons. The van der Waals surface area contributed by atoms with Crippen molar-refractivity contribution in [1.29, 1.82) is 0 Å². The highest BCUT2D eigenvalue weighted by Gasteiger charge is 2.26. The van der Waals surface area contributed by atoms with E-state index in [9.17, 15) is 0 Å². The van der Waals surface area contributed by atoms with Crippen LogP contribution < -0.4 is 0 Å². The maximum Gasteiger partial charge on any atom is 0.140 e. The smallest absolute Gasteiger partial charge is 0.140 e. The lowest BCUT2D eigenvalue weighted by Gasteiger charge is -2.28. The third-order valence-electron chi connectivity index (χ3n) is 5.68. The van der Waals surface area contributed by atoms with Crippen molar-refractivity contribution in [2.75, 3.05) is 0 Å². The molecule has 26 heavy (non-hydrogen) atoms. The fraction of sp³-hybridized carbons (Fsp3) is 0.250. The van der Waals surface area contributed by atoms with E-state index in [0.29, 0.717) is 0 Å². The van der Waals surface area contributed by atoms with Crippen LogP contribution in [0.2, 0.25) is 0 Å². The number of rotatable bonds is 1. The average Bonchev–Trinajstić information content (AvgIpc) is 2.66. The molecular formula is C24H22N2. The van der Waals surface area contributed by atoms with E-state index in [0.717, 1.165) is 36.5 Å². The van der Waals surface area contributed by atoms with Gasteiger partial charge in [-0.3, -0.25) is 0 Å². The molecule has 0 saturated carbocycles. The Hall–Kier alpha value is -2.74. The van der Waals surface area contributed by atoms with Gasteiger partial charge in [-0.25, -0.2) is 9.97 Å². The predicted octanol–water partition coefficient (Wildman–Crippen LogP) is 5.10. The van der Waals surface area contributed by atoms with E-state index in [2.05, 4.69) is 62.4 Å². The molecule has 1 aromatic heterocycles. The molecule has 1 atom stereocenters. The number of hydrogen-bond acceptors (Lipinski definition) is 2. The van der Waals surface area contributed by atoms with Gasteiger partial charge in [-0.05, 0) is 72.6 Å². The standard InChI is InChI=1S/C24H22N2/c1-15-14-16(2)26-24(25-15)23-9-5-8-19-21-11-10-17-6-3-4-7-18(17)20(21)12-13-22(19)23/h3-7,9,12-14,23H,8,10-11H2,1-2H3. The molecule has 0 spiro atoms. The van der Waals surface area contributed by atoms with Crippen LogP contribution in [0.5, 0.6) is 0 Å². The minimum absolute atomic E-state index is 0.167. The molecule has 1 unspecified atom stereocenters. The quantitative estimate of drug-likeness (QED) is 0.577. The molecule has 0 bridgehead atoms. The van der Waals surface area contributed by atoms with Gasteiger partial charge in [0.05, 0.1) is 5.92 Å². The zero-order chi connectivity index (χ0) is 17.7. The zero-order valence-electron chi connectivity index (χ0n) is 15.3. The van der Waals surface area contributed by atoms with Crippen LogP contribution in [0.15, 0.2) is 54.6 Å². The number of allylic oxidation sites excluding steroid dienone is 2. The van der Waals surface area contributed by atoms with E-state index in [4.69, 9.17) is 9.97 Å². The molecule has 0 fully saturated rings. The largest absolute Gasteiger partial charge is 0.237 e. The highest BCUT2D eigenvalue weighted by Crippen LogP contribution is 2.41. The molecule has 5 rings (SSSR count). The number of aromatic nitrogens is 2. The van der Waals surface area contributed by atoms with Gasteiger partial charge in [0, 0.05) is 11.4 Å². The van der Waals surface area contributed by atoms with Crippen molar-refractivity contribution in [3.8, 4) is 11.1 Å². The Morgan fingerprint density at radius 3 is 2.50 bits per heavy atom. The number of hydrogen-bond donors (Lipinski definition) is 0. The zero-order valence-corrected chi connectivity index (χ0v) is 15.3. The van der Waals surface area contributed by atoms with Crippen molar-refractivity contribution in [2.24, 2.45) is 0 Å². The minimum atomic E-state index is 0.167. The summed E-state index contributed by atoms with van der Waals surface area (Å²) in [5.74, 6) is 1.09. The molecule has 2 nitrogen and oxygen atoms in total. The maximum atomic E-state index is 4.74. The first-order chi connectivity index (χ1) is 12.7. The Morgan fingerprint density at radius 2 is 1.65 bits per heavy atom. The summed E-state index contributed by atoms with van der Waals surface area (Å²) < 4.78 is 0. The number of aryl methyl sites for hydroxylation is 3. The van der Waals surface area contributed by atoms with Crippen LogP contribution in [0.25, 0.3) is 11.1 Å². The van der Waals surface area contributed by atoms with Gasteiger partial charge in [-0.2, -0.15) is 0 Å². The second-order valence-electron chi connectivity index (χ2n) is 7.44. The molecule has 2 aliphatic rings. The lowest BCUT2D eigenvalue weighted by Crippen LogP contribution is -2.15. The minimum Gasteiger partial charge on any atom is -0.237 e. The molecule has 2 aliphatic carbocycles. The molecule has 0 N–H and O–H groups in total. The second kappa shape index (κ2) is 5.91. The third kappa shape index (κ3) is 2.40. The summed E-state index contributed by atoms with van der Waals surface area (Å²) in [5.41, 5.74) is 10.8. The highest BCUT2D eigenvalue weighted by molar-refractivity contribution is 5.75. The molecule has 2 aromatic carbocycles. The Balaban J connectivity index is 1.67. The van der Waals surface area contributed by atoms with Crippen molar-refractivity contribution < 1.29 is 0 Å². The van der Waals surface area contributed by atoms with Crippen molar-refractivity contribution in [2.45, 2.75) is 39.0 Å². The lowest BCUT2D eigenvalue weighted by atomic mass is 9.77. The Labute approximate surface area is 154 Å². The van der Waals surface area contributed by atoms with Crippen LogP contribution >= 0.6 is 0 Å². The first-order valence-electron chi connectivity index (χ1n) is 9.42. The summed E-state index contributed by atoms with van der Waals surface area (Å²) >= 11 is 0. The van der Waals surface area contributed by atoms with Crippen LogP contribution in [0, 0.1) is 13.8 Å². The van der Waals surface area contributed by atoms with Crippen LogP contribution in [0.1, 0.15) is 45.4 Å². The lowest BCUT2D eigenvalue weighted by molar-refractivity contribution is 0.815. The van der Waals surface area contributed by atoms with Crippen LogP contribution in [-0.4, -0.2) is 9.97 Å². The molecule has 1 heterocycles. The molecule has 3 aromatic rings. The van der Waals surface area contributed by atoms with Crippen LogP contribution in [0.3, 0.4) is 0 Å². The van der Waals surface area contributed by atoms with E-state index in [1.807, 2.05) is 6.07 Å². The summed E-state index contributed by atoms with van der Waals surface area (Å²) in [6.45, 7) is 4.10. The van der Waals surface area contributed by atoms with Crippen molar-refractivity contribution in [3.05, 3.63) is 94.1 Å². The SMILES string of the molecule is Cc1cc(C)nc(C2C=CCc3c2ccc2c3CCc3ccccc3-2)n1. The van der Waals surface area contributed by atoms with Gasteiger partial charge in [-0.1, -0.05) is 48.6 Å². The van der Waals surface area contributed by atoms with Gasteiger partial charge in [0.2, 0.25) is 0 Å². The van der Waals surface area contributed by atoms with Crippen molar-refractivity contribution in [3.63, 3.8) is 0 Å². The van der Waals surface area contributed by atoms with Gasteiger partial charge in [0.25, 0.3) is 0 Å². The number of fused-ring (bicyclic) bond motifs is 5. The fourth-order valence-corrected chi connectivity index (χ4v) is 4.59. The van der Waals surface area contributed by atoms with Gasteiger partial charge in [-0.15, -0.1) is 0 Å². The molecule has 0 saturated heterocycles.